The van der Waals surface area contributed by atoms with Gasteiger partial charge in [0.05, 0.1) is 12.7 Å². The summed E-state index contributed by atoms with van der Waals surface area (Å²) in [6.07, 6.45) is 1.41. The molecule has 1 aliphatic heterocycles. The number of esters is 1. The number of carbonyl (C=O) groups is 1. The first kappa shape index (κ1) is 8.72. The number of rotatable bonds is 2. The van der Waals surface area contributed by atoms with Crippen molar-refractivity contribution in [1.29, 1.82) is 0 Å². The molecule has 1 heterocycles. The van der Waals surface area contributed by atoms with E-state index in [1.54, 1.807) is 6.92 Å². The van der Waals surface area contributed by atoms with E-state index in [1.165, 1.54) is 6.08 Å². The van der Waals surface area contributed by atoms with Crippen molar-refractivity contribution in [3.63, 3.8) is 0 Å². The second kappa shape index (κ2) is 3.12. The Morgan fingerprint density at radius 1 is 1.85 bits per heavy atom. The van der Waals surface area contributed by atoms with E-state index in [2.05, 4.69) is 0 Å². The van der Waals surface area contributed by atoms with E-state index in [4.69, 9.17) is 9.47 Å². The Morgan fingerprint density at radius 2 is 2.62 bits per heavy atom. The Kier molecular flexibility index (Phi) is 2.09. The largest absolute Gasteiger partial charge is 0.463 e. The van der Waals surface area contributed by atoms with Gasteiger partial charge in [-0.15, -0.1) is 0 Å². The fraction of sp³-hybridized carbons (Fsp3) is 0.667. The minimum Gasteiger partial charge on any atom is -0.463 e. The summed E-state index contributed by atoms with van der Waals surface area (Å²) in [6, 6.07) is 0. The van der Waals surface area contributed by atoms with Crippen molar-refractivity contribution in [1.82, 2.24) is 0 Å². The van der Waals surface area contributed by atoms with Crippen molar-refractivity contribution < 1.29 is 19.4 Å². The van der Waals surface area contributed by atoms with Crippen molar-refractivity contribution in [3.8, 4) is 0 Å². The molecule has 4 nitrogen and oxygen atoms in total. The first-order chi connectivity index (χ1) is 6.22. The summed E-state index contributed by atoms with van der Waals surface area (Å²) in [5.41, 5.74) is 0.535. The third-order valence-corrected chi connectivity index (χ3v) is 2.29. The van der Waals surface area contributed by atoms with Crippen molar-refractivity contribution in [2.45, 2.75) is 31.7 Å². The van der Waals surface area contributed by atoms with Gasteiger partial charge in [0.15, 0.2) is 0 Å². The molecule has 1 aliphatic carbocycles. The molecule has 2 rings (SSSR count). The van der Waals surface area contributed by atoms with Crippen LogP contribution in [0.15, 0.2) is 11.6 Å². The molecular weight excluding hydrogens is 172 g/mol. The molecule has 0 bridgehead atoms. The molecule has 1 N–H and O–H groups in total. The number of carbonyl (C=O) groups excluding carboxylic acids is 1. The number of hydrogen-bond donors (Lipinski definition) is 1. The standard InChI is InChI=1S/C9H12O4/c1-2-12-9(11)5-3-6(10)8-7(4-5)13-8/h3,6-8,10H,2,4H2,1H3/t6-,7+,8-/m0/s1. The predicted molar refractivity (Wildman–Crippen MR) is 44.0 cm³/mol. The van der Waals surface area contributed by atoms with Gasteiger partial charge in [-0.05, 0) is 13.0 Å². The quantitative estimate of drug-likeness (QED) is 0.485. The van der Waals surface area contributed by atoms with Gasteiger partial charge in [0.1, 0.15) is 12.2 Å². The summed E-state index contributed by atoms with van der Waals surface area (Å²) in [7, 11) is 0. The van der Waals surface area contributed by atoms with Crippen LogP contribution in [0.4, 0.5) is 0 Å². The fourth-order valence-corrected chi connectivity index (χ4v) is 1.58. The molecule has 0 aromatic rings. The molecule has 4 heteroatoms. The Balaban J connectivity index is 2.03. The van der Waals surface area contributed by atoms with Gasteiger partial charge in [0.2, 0.25) is 0 Å². The molecule has 0 aromatic heterocycles. The zero-order valence-corrected chi connectivity index (χ0v) is 7.40. The highest BCUT2D eigenvalue weighted by Crippen LogP contribution is 2.36. The van der Waals surface area contributed by atoms with Crippen molar-refractivity contribution >= 4 is 5.97 Å². The molecule has 0 spiro atoms. The summed E-state index contributed by atoms with van der Waals surface area (Å²) < 4.78 is 9.96. The summed E-state index contributed by atoms with van der Waals surface area (Å²) >= 11 is 0. The van der Waals surface area contributed by atoms with E-state index in [-0.39, 0.29) is 18.2 Å². The average molecular weight is 184 g/mol. The molecule has 1 saturated heterocycles. The summed E-state index contributed by atoms with van der Waals surface area (Å²) in [5.74, 6) is -0.337. The van der Waals surface area contributed by atoms with Crippen LogP contribution in [-0.2, 0) is 14.3 Å². The molecule has 1 fully saturated rings. The van der Waals surface area contributed by atoms with Crippen LogP contribution in [0.25, 0.3) is 0 Å². The lowest BCUT2D eigenvalue weighted by Gasteiger charge is -2.11. The first-order valence-electron chi connectivity index (χ1n) is 4.43. The first-order valence-corrected chi connectivity index (χ1v) is 4.43. The number of epoxide rings is 1. The van der Waals surface area contributed by atoms with Gasteiger partial charge in [-0.3, -0.25) is 0 Å². The zero-order valence-electron chi connectivity index (χ0n) is 7.40. The highest BCUT2D eigenvalue weighted by Gasteiger charge is 2.47. The van der Waals surface area contributed by atoms with Crippen LogP contribution in [0.1, 0.15) is 13.3 Å². The monoisotopic (exact) mass is 184 g/mol. The molecular formula is C9H12O4. The van der Waals surface area contributed by atoms with Crippen LogP contribution >= 0.6 is 0 Å². The average Bonchev–Trinajstić information content (AvgIpc) is 2.84. The summed E-state index contributed by atoms with van der Waals surface area (Å²) in [6.45, 7) is 2.12. The maximum absolute atomic E-state index is 11.3. The predicted octanol–water partition coefficient (Wildman–Crippen LogP) is 0.00790. The second-order valence-electron chi connectivity index (χ2n) is 3.25. The third kappa shape index (κ3) is 1.59. The lowest BCUT2D eigenvalue weighted by Crippen LogP contribution is -2.23. The Bertz CT molecular complexity index is 258. The van der Waals surface area contributed by atoms with E-state index in [0.29, 0.717) is 18.6 Å². The van der Waals surface area contributed by atoms with Crippen LogP contribution in [0.3, 0.4) is 0 Å². The van der Waals surface area contributed by atoms with Crippen molar-refractivity contribution in [3.05, 3.63) is 11.6 Å². The zero-order chi connectivity index (χ0) is 9.42. The van der Waals surface area contributed by atoms with E-state index >= 15 is 0 Å². The highest BCUT2D eigenvalue weighted by molar-refractivity contribution is 5.89. The third-order valence-electron chi connectivity index (χ3n) is 2.29. The van der Waals surface area contributed by atoms with Crippen LogP contribution < -0.4 is 0 Å². The molecule has 0 saturated carbocycles. The van der Waals surface area contributed by atoms with Gasteiger partial charge in [-0.2, -0.15) is 0 Å². The van der Waals surface area contributed by atoms with Crippen LogP contribution in [0, 0.1) is 0 Å². The summed E-state index contributed by atoms with van der Waals surface area (Å²) in [4.78, 5) is 11.3. The second-order valence-corrected chi connectivity index (χ2v) is 3.25. The molecule has 0 amide bonds. The minimum absolute atomic E-state index is 0.0272. The van der Waals surface area contributed by atoms with Gasteiger partial charge in [-0.25, -0.2) is 4.79 Å². The molecule has 3 atom stereocenters. The maximum atomic E-state index is 11.3. The highest BCUT2D eigenvalue weighted by atomic mass is 16.6. The number of aliphatic hydroxyl groups excluding tert-OH is 1. The van der Waals surface area contributed by atoms with Gasteiger partial charge in [0.25, 0.3) is 0 Å². The molecule has 0 aromatic carbocycles. The maximum Gasteiger partial charge on any atom is 0.333 e. The fourth-order valence-electron chi connectivity index (χ4n) is 1.58. The Morgan fingerprint density at radius 3 is 3.23 bits per heavy atom. The normalized spacial score (nSPS) is 36.2. The van der Waals surface area contributed by atoms with E-state index in [9.17, 15) is 9.90 Å². The number of hydrogen-bond acceptors (Lipinski definition) is 4. The van der Waals surface area contributed by atoms with Crippen LogP contribution in [0.5, 0.6) is 0 Å². The van der Waals surface area contributed by atoms with Gasteiger partial charge in [0, 0.05) is 12.0 Å². The van der Waals surface area contributed by atoms with Gasteiger partial charge >= 0.3 is 5.97 Å². The lowest BCUT2D eigenvalue weighted by molar-refractivity contribution is -0.138. The van der Waals surface area contributed by atoms with Crippen LogP contribution in [-0.4, -0.2) is 36.0 Å². The Hall–Kier alpha value is -0.870. The number of ether oxygens (including phenoxy) is 2. The SMILES string of the molecule is CCOC(=O)C1=C[C@H](O)[C@@H]2O[C@@H]2C1. The summed E-state index contributed by atoms with van der Waals surface area (Å²) in [5, 5.41) is 9.40. The smallest absolute Gasteiger partial charge is 0.333 e. The molecule has 72 valence electrons. The topological polar surface area (TPSA) is 59.1 Å². The van der Waals surface area contributed by atoms with E-state index in [1.807, 2.05) is 0 Å². The van der Waals surface area contributed by atoms with Crippen molar-refractivity contribution in [2.75, 3.05) is 6.61 Å². The minimum atomic E-state index is -0.641. The van der Waals surface area contributed by atoms with Crippen molar-refractivity contribution in [2.24, 2.45) is 0 Å². The number of fused-ring (bicyclic) bond motifs is 1. The molecule has 2 aliphatic rings. The van der Waals surface area contributed by atoms with E-state index in [0.717, 1.165) is 0 Å². The van der Waals surface area contributed by atoms with E-state index < -0.39 is 6.10 Å². The van der Waals surface area contributed by atoms with Gasteiger partial charge < -0.3 is 14.6 Å². The van der Waals surface area contributed by atoms with Crippen LogP contribution in [0.2, 0.25) is 0 Å². The molecule has 13 heavy (non-hydrogen) atoms. The van der Waals surface area contributed by atoms with Gasteiger partial charge in [-0.1, -0.05) is 0 Å². The molecule has 0 unspecified atom stereocenters. The lowest BCUT2D eigenvalue weighted by atomic mass is 9.98. The number of aliphatic hydroxyl groups is 1. The molecule has 0 radical (unpaired) electrons. The Labute approximate surface area is 76.1 Å².